The van der Waals surface area contributed by atoms with Gasteiger partial charge in [-0.15, -0.1) is 0 Å². The number of carbonyl (C=O) groups excluding carboxylic acids is 1. The van der Waals surface area contributed by atoms with Gasteiger partial charge in [-0.05, 0) is 49.2 Å². The summed E-state index contributed by atoms with van der Waals surface area (Å²) in [6.45, 7) is 8.69. The van der Waals surface area contributed by atoms with Gasteiger partial charge in [0.25, 0.3) is 5.91 Å². The Hall–Kier alpha value is -2.27. The van der Waals surface area contributed by atoms with Gasteiger partial charge in [-0.25, -0.2) is 0 Å². The van der Waals surface area contributed by atoms with E-state index in [4.69, 9.17) is 9.47 Å². The number of ether oxygens (including phenoxy) is 2. The van der Waals surface area contributed by atoms with Crippen molar-refractivity contribution in [1.82, 2.24) is 0 Å². The van der Waals surface area contributed by atoms with Crippen LogP contribution in [0.3, 0.4) is 0 Å². The van der Waals surface area contributed by atoms with Crippen molar-refractivity contribution in [2.24, 2.45) is 0 Å². The number of rotatable bonds is 8. The van der Waals surface area contributed by atoms with Crippen LogP contribution in [0, 0.1) is 0 Å². The molecule has 2 aromatic carbocycles. The highest BCUT2D eigenvalue weighted by molar-refractivity contribution is 9.10. The van der Waals surface area contributed by atoms with Crippen molar-refractivity contribution in [1.29, 1.82) is 0 Å². The number of para-hydroxylation sites is 2. The van der Waals surface area contributed by atoms with Crippen LogP contribution in [-0.2, 0) is 0 Å². The zero-order chi connectivity index (χ0) is 18.2. The maximum Gasteiger partial charge on any atom is 0.259 e. The van der Waals surface area contributed by atoms with Crippen molar-refractivity contribution in [3.8, 4) is 11.5 Å². The van der Waals surface area contributed by atoms with Crippen LogP contribution in [0.15, 0.2) is 59.1 Å². The lowest BCUT2D eigenvalue weighted by Crippen LogP contribution is -2.15. The Morgan fingerprint density at radius 1 is 1.16 bits per heavy atom. The fourth-order valence-electron chi connectivity index (χ4n) is 2.10. The molecule has 2 aromatic rings. The second-order valence-corrected chi connectivity index (χ2v) is 6.60. The summed E-state index contributed by atoms with van der Waals surface area (Å²) in [7, 11) is 0. The number of benzene rings is 2. The monoisotopic (exact) mass is 403 g/mol. The lowest BCUT2D eigenvalue weighted by molar-refractivity contribution is 0.102. The summed E-state index contributed by atoms with van der Waals surface area (Å²) in [6.07, 6.45) is 0.870. The van der Waals surface area contributed by atoms with Crippen LogP contribution < -0.4 is 14.8 Å². The Morgan fingerprint density at radius 3 is 2.64 bits per heavy atom. The third-order valence-corrected chi connectivity index (χ3v) is 3.75. The van der Waals surface area contributed by atoms with Crippen LogP contribution in [0.25, 0.3) is 0 Å². The first-order valence-electron chi connectivity index (χ1n) is 8.11. The van der Waals surface area contributed by atoms with Crippen molar-refractivity contribution >= 4 is 27.5 Å². The minimum Gasteiger partial charge on any atom is -0.493 e. The topological polar surface area (TPSA) is 47.6 Å². The van der Waals surface area contributed by atoms with Gasteiger partial charge in [0.05, 0.1) is 17.9 Å². The summed E-state index contributed by atoms with van der Waals surface area (Å²) >= 11 is 3.40. The van der Waals surface area contributed by atoms with Gasteiger partial charge in [-0.3, -0.25) is 4.79 Å². The first kappa shape index (κ1) is 19.1. The van der Waals surface area contributed by atoms with Crippen LogP contribution in [0.4, 0.5) is 5.69 Å². The number of nitrogens with one attached hydrogen (secondary N) is 1. The second-order valence-electron chi connectivity index (χ2n) is 5.69. The first-order chi connectivity index (χ1) is 12.0. The average molecular weight is 404 g/mol. The van der Waals surface area contributed by atoms with E-state index in [-0.39, 0.29) is 5.91 Å². The molecule has 0 aromatic heterocycles. The highest BCUT2D eigenvalue weighted by Crippen LogP contribution is 2.28. The molecule has 1 amide bonds. The van der Waals surface area contributed by atoms with E-state index in [2.05, 4.69) is 27.8 Å². The molecule has 4 nitrogen and oxygen atoms in total. The Morgan fingerprint density at radius 2 is 1.92 bits per heavy atom. The normalized spacial score (nSPS) is 10.2. The van der Waals surface area contributed by atoms with Gasteiger partial charge in [0.1, 0.15) is 18.1 Å². The number of hydrogen-bond acceptors (Lipinski definition) is 3. The standard InChI is InChI=1S/C20H22BrNO3/c1-4-11-24-18-10-9-15(21)12-16(18)20(23)22-17-7-5-6-8-19(17)25-13-14(2)3/h5-10,12H,2,4,11,13H2,1,3H3,(H,22,23). The SMILES string of the molecule is C=C(C)COc1ccccc1NC(=O)c1cc(Br)ccc1OCCC. The fraction of sp³-hybridized carbons (Fsp3) is 0.250. The van der Waals surface area contributed by atoms with E-state index < -0.39 is 0 Å². The maximum atomic E-state index is 12.8. The molecule has 0 unspecified atom stereocenters. The third kappa shape index (κ3) is 5.64. The zero-order valence-electron chi connectivity index (χ0n) is 14.5. The Balaban J connectivity index is 2.22. The maximum absolute atomic E-state index is 12.8. The molecule has 0 spiro atoms. The molecule has 0 saturated heterocycles. The van der Waals surface area contributed by atoms with Crippen LogP contribution in [0.5, 0.6) is 11.5 Å². The number of amides is 1. The van der Waals surface area contributed by atoms with Gasteiger partial charge in [0.15, 0.2) is 0 Å². The minimum absolute atomic E-state index is 0.251. The Kier molecular flexibility index (Phi) is 7.07. The molecular formula is C20H22BrNO3. The zero-order valence-corrected chi connectivity index (χ0v) is 16.1. The highest BCUT2D eigenvalue weighted by atomic mass is 79.9. The van der Waals surface area contributed by atoms with Crippen molar-refractivity contribution in [2.45, 2.75) is 20.3 Å². The molecule has 0 aliphatic carbocycles. The van der Waals surface area contributed by atoms with Gasteiger partial charge < -0.3 is 14.8 Å². The van der Waals surface area contributed by atoms with E-state index >= 15 is 0 Å². The van der Waals surface area contributed by atoms with Crippen molar-refractivity contribution < 1.29 is 14.3 Å². The summed E-state index contributed by atoms with van der Waals surface area (Å²) in [6, 6.07) is 12.7. The molecule has 0 atom stereocenters. The predicted octanol–water partition coefficient (Wildman–Crippen LogP) is 5.45. The smallest absolute Gasteiger partial charge is 0.259 e. The van der Waals surface area contributed by atoms with Gasteiger partial charge in [-0.2, -0.15) is 0 Å². The summed E-state index contributed by atoms with van der Waals surface area (Å²) < 4.78 is 12.2. The molecule has 0 bridgehead atoms. The average Bonchev–Trinajstić information content (AvgIpc) is 2.59. The number of carbonyl (C=O) groups is 1. The molecule has 0 aliphatic heterocycles. The van der Waals surface area contributed by atoms with Crippen molar-refractivity contribution in [2.75, 3.05) is 18.5 Å². The molecule has 0 saturated carbocycles. The van der Waals surface area contributed by atoms with Gasteiger partial charge in [0.2, 0.25) is 0 Å². The van der Waals surface area contributed by atoms with E-state index in [0.717, 1.165) is 16.5 Å². The molecule has 0 heterocycles. The summed E-state index contributed by atoms with van der Waals surface area (Å²) in [5, 5.41) is 2.90. The lowest BCUT2D eigenvalue weighted by Gasteiger charge is -2.14. The number of anilines is 1. The Bertz CT molecular complexity index is 758. The molecule has 2 rings (SSSR count). The van der Waals surface area contributed by atoms with E-state index in [9.17, 15) is 4.79 Å². The van der Waals surface area contributed by atoms with Crippen LogP contribution >= 0.6 is 15.9 Å². The summed E-state index contributed by atoms with van der Waals surface area (Å²) in [4.78, 5) is 12.8. The molecule has 25 heavy (non-hydrogen) atoms. The molecule has 132 valence electrons. The molecular weight excluding hydrogens is 382 g/mol. The predicted molar refractivity (Wildman–Crippen MR) is 105 cm³/mol. The summed E-state index contributed by atoms with van der Waals surface area (Å²) in [5.41, 5.74) is 1.98. The van der Waals surface area contributed by atoms with Gasteiger partial charge >= 0.3 is 0 Å². The van der Waals surface area contributed by atoms with Crippen LogP contribution in [-0.4, -0.2) is 19.1 Å². The fourth-order valence-corrected chi connectivity index (χ4v) is 2.46. The van der Waals surface area contributed by atoms with E-state index in [0.29, 0.717) is 36.0 Å². The van der Waals surface area contributed by atoms with E-state index in [1.54, 1.807) is 18.2 Å². The molecule has 5 heteroatoms. The quantitative estimate of drug-likeness (QED) is 0.596. The van der Waals surface area contributed by atoms with Crippen LogP contribution in [0.1, 0.15) is 30.6 Å². The van der Waals surface area contributed by atoms with E-state index in [1.165, 1.54) is 0 Å². The lowest BCUT2D eigenvalue weighted by atomic mass is 10.1. The highest BCUT2D eigenvalue weighted by Gasteiger charge is 2.15. The number of halogens is 1. The molecule has 1 N–H and O–H groups in total. The second kappa shape index (κ2) is 9.28. The molecule has 0 fully saturated rings. The Labute approximate surface area is 157 Å². The molecule has 0 aliphatic rings. The minimum atomic E-state index is -0.251. The van der Waals surface area contributed by atoms with Crippen molar-refractivity contribution in [3.63, 3.8) is 0 Å². The third-order valence-electron chi connectivity index (χ3n) is 3.26. The van der Waals surface area contributed by atoms with E-state index in [1.807, 2.05) is 38.1 Å². The summed E-state index contributed by atoms with van der Waals surface area (Å²) in [5.74, 6) is 0.909. The molecule has 0 radical (unpaired) electrons. The van der Waals surface area contributed by atoms with Crippen LogP contribution in [0.2, 0.25) is 0 Å². The van der Waals surface area contributed by atoms with Gasteiger partial charge in [0, 0.05) is 4.47 Å². The number of hydrogen-bond donors (Lipinski definition) is 1. The largest absolute Gasteiger partial charge is 0.493 e. The first-order valence-corrected chi connectivity index (χ1v) is 8.90. The van der Waals surface area contributed by atoms with Crippen molar-refractivity contribution in [3.05, 3.63) is 64.7 Å². The van der Waals surface area contributed by atoms with Gasteiger partial charge in [-0.1, -0.05) is 41.6 Å².